The van der Waals surface area contributed by atoms with Gasteiger partial charge in [0.2, 0.25) is 0 Å². The Hall–Kier alpha value is -1.77. The lowest BCUT2D eigenvalue weighted by Gasteiger charge is -2.29. The van der Waals surface area contributed by atoms with Crippen molar-refractivity contribution in [2.24, 2.45) is 0 Å². The van der Waals surface area contributed by atoms with Gasteiger partial charge in [0.25, 0.3) is 0 Å². The van der Waals surface area contributed by atoms with Gasteiger partial charge in [0.05, 0.1) is 15.2 Å². The minimum Gasteiger partial charge on any atom is -0.446 e. The number of alkyl carbamates (subject to hydrolysis) is 1. The van der Waals surface area contributed by atoms with Gasteiger partial charge in [0.1, 0.15) is 6.10 Å². The number of hydrogen-bond donors (Lipinski definition) is 1. The second-order valence-corrected chi connectivity index (χ2v) is 10.7. The second kappa shape index (κ2) is 7.69. The van der Waals surface area contributed by atoms with Crippen molar-refractivity contribution in [1.82, 2.24) is 5.32 Å². The summed E-state index contributed by atoms with van der Waals surface area (Å²) < 4.78 is 68.1. The zero-order valence-corrected chi connectivity index (χ0v) is 17.1. The van der Waals surface area contributed by atoms with Crippen LogP contribution in [-0.2, 0) is 20.8 Å². The summed E-state index contributed by atoms with van der Waals surface area (Å²) >= 11 is 0. The number of halogens is 3. The highest BCUT2D eigenvalue weighted by Gasteiger charge is 2.39. The van der Waals surface area contributed by atoms with Gasteiger partial charge in [-0.25, -0.2) is 13.2 Å². The molecule has 0 saturated heterocycles. The minimum absolute atomic E-state index is 0.0802. The quantitative estimate of drug-likeness (QED) is 0.774. The van der Waals surface area contributed by atoms with Crippen LogP contribution in [0.25, 0.3) is 0 Å². The molecule has 1 unspecified atom stereocenters. The Balaban J connectivity index is 3.00. The Morgan fingerprint density at radius 1 is 1.15 bits per heavy atom. The number of alkyl halides is 3. The largest absolute Gasteiger partial charge is 0.446 e. The average molecular weight is 409 g/mol. The normalized spacial score (nSPS) is 14.6. The van der Waals surface area contributed by atoms with Crippen molar-refractivity contribution in [2.45, 2.75) is 75.4 Å². The monoisotopic (exact) mass is 409 g/mol. The molecule has 0 saturated carbocycles. The summed E-state index contributed by atoms with van der Waals surface area (Å²) in [5, 5.41) is 2.59. The Morgan fingerprint density at radius 3 is 2.19 bits per heavy atom. The van der Waals surface area contributed by atoms with Gasteiger partial charge in [0.15, 0.2) is 9.84 Å². The highest BCUT2D eigenvalue weighted by Crippen LogP contribution is 2.34. The highest BCUT2D eigenvalue weighted by atomic mass is 32.2. The van der Waals surface area contributed by atoms with Crippen molar-refractivity contribution in [3.8, 4) is 0 Å². The molecule has 1 aromatic rings. The molecule has 0 aliphatic rings. The molecule has 154 valence electrons. The van der Waals surface area contributed by atoms with E-state index in [9.17, 15) is 26.4 Å². The standard InChI is InChI=1S/C18H26F3NO4S/c1-12(26-15(23)22-16(2,3)4)11-17(5,6)27(24,25)14-9-7-8-13(10-14)18(19,20)21/h7-10,12H,11H2,1-6H3,(H,22,23). The highest BCUT2D eigenvalue weighted by molar-refractivity contribution is 7.92. The summed E-state index contributed by atoms with van der Waals surface area (Å²) in [6.07, 6.45) is -6.18. The molecule has 1 atom stereocenters. The molecule has 1 aromatic carbocycles. The maximum Gasteiger partial charge on any atom is 0.416 e. The van der Waals surface area contributed by atoms with Gasteiger partial charge in [-0.3, -0.25) is 0 Å². The summed E-state index contributed by atoms with van der Waals surface area (Å²) in [5.41, 5.74) is -1.55. The summed E-state index contributed by atoms with van der Waals surface area (Å²) in [4.78, 5) is 11.4. The van der Waals surface area contributed by atoms with Crippen LogP contribution in [0.4, 0.5) is 18.0 Å². The van der Waals surface area contributed by atoms with Crippen LogP contribution >= 0.6 is 0 Å². The van der Waals surface area contributed by atoms with Crippen molar-refractivity contribution >= 4 is 15.9 Å². The van der Waals surface area contributed by atoms with Crippen LogP contribution in [0.3, 0.4) is 0 Å². The molecule has 0 bridgehead atoms. The minimum atomic E-state index is -4.64. The fraction of sp³-hybridized carbons (Fsp3) is 0.611. The first-order chi connectivity index (χ1) is 12.0. The summed E-state index contributed by atoms with van der Waals surface area (Å²) in [6, 6.07) is 3.62. The molecule has 9 heteroatoms. The van der Waals surface area contributed by atoms with Gasteiger partial charge in [-0.1, -0.05) is 6.07 Å². The molecule has 0 aromatic heterocycles. The van der Waals surface area contributed by atoms with E-state index in [-0.39, 0.29) is 6.42 Å². The number of hydrogen-bond acceptors (Lipinski definition) is 4. The van der Waals surface area contributed by atoms with Crippen molar-refractivity contribution in [2.75, 3.05) is 0 Å². The number of benzene rings is 1. The van der Waals surface area contributed by atoms with Crippen LogP contribution in [0, 0.1) is 0 Å². The summed E-state index contributed by atoms with van der Waals surface area (Å²) in [5.74, 6) is 0. The fourth-order valence-electron chi connectivity index (χ4n) is 2.52. The van der Waals surface area contributed by atoms with E-state index in [4.69, 9.17) is 4.74 Å². The molecule has 0 spiro atoms. The van der Waals surface area contributed by atoms with Gasteiger partial charge >= 0.3 is 12.3 Å². The molecule has 0 fully saturated rings. The van der Waals surface area contributed by atoms with Gasteiger partial charge in [-0.2, -0.15) is 13.2 Å². The van der Waals surface area contributed by atoms with E-state index in [1.165, 1.54) is 20.8 Å². The third-order valence-electron chi connectivity index (χ3n) is 3.76. The van der Waals surface area contributed by atoms with Crippen molar-refractivity contribution in [3.05, 3.63) is 29.8 Å². The fourth-order valence-corrected chi connectivity index (χ4v) is 4.15. The smallest absolute Gasteiger partial charge is 0.416 e. The molecule has 5 nitrogen and oxygen atoms in total. The SMILES string of the molecule is CC(CC(C)(C)S(=O)(=O)c1cccc(C(F)(F)F)c1)OC(=O)NC(C)(C)C. The predicted octanol–water partition coefficient (Wildman–Crippen LogP) is 4.56. The van der Waals surface area contributed by atoms with E-state index in [1.807, 2.05) is 0 Å². The van der Waals surface area contributed by atoms with Crippen LogP contribution in [-0.4, -0.2) is 30.9 Å². The number of rotatable bonds is 5. The first-order valence-electron chi connectivity index (χ1n) is 8.36. The average Bonchev–Trinajstić information content (AvgIpc) is 2.43. The first kappa shape index (κ1) is 23.3. The molecule has 1 amide bonds. The number of amides is 1. The Bertz CT molecular complexity index is 781. The van der Waals surface area contributed by atoms with Crippen molar-refractivity contribution < 1.29 is 31.1 Å². The third-order valence-corrected chi connectivity index (χ3v) is 6.26. The maximum atomic E-state index is 12.9. The van der Waals surface area contributed by atoms with E-state index in [1.54, 1.807) is 20.8 Å². The van der Waals surface area contributed by atoms with Crippen LogP contribution in [0.5, 0.6) is 0 Å². The van der Waals surface area contributed by atoms with E-state index >= 15 is 0 Å². The topological polar surface area (TPSA) is 72.5 Å². The lowest BCUT2D eigenvalue weighted by molar-refractivity contribution is -0.137. The van der Waals surface area contributed by atoms with E-state index in [2.05, 4.69) is 5.32 Å². The lowest BCUT2D eigenvalue weighted by atomic mass is 10.1. The van der Waals surface area contributed by atoms with Crippen LogP contribution in [0.2, 0.25) is 0 Å². The van der Waals surface area contributed by atoms with Gasteiger partial charge in [-0.05, 0) is 59.7 Å². The van der Waals surface area contributed by atoms with Crippen LogP contribution in [0.1, 0.15) is 53.5 Å². The number of ether oxygens (including phenoxy) is 1. The number of sulfone groups is 1. The molecule has 0 aliphatic heterocycles. The number of carbonyl (C=O) groups excluding carboxylic acids is 1. The van der Waals surface area contributed by atoms with E-state index in [0.29, 0.717) is 6.07 Å². The number of nitrogens with one attached hydrogen (secondary N) is 1. The van der Waals surface area contributed by atoms with Crippen LogP contribution in [0.15, 0.2) is 29.2 Å². The summed E-state index contributed by atoms with van der Waals surface area (Å²) in [7, 11) is -4.10. The van der Waals surface area contributed by atoms with E-state index in [0.717, 1.165) is 18.2 Å². The molecule has 0 radical (unpaired) electrons. The molecule has 0 heterocycles. The number of carbonyl (C=O) groups is 1. The van der Waals surface area contributed by atoms with Gasteiger partial charge in [-0.15, -0.1) is 0 Å². The van der Waals surface area contributed by atoms with Gasteiger partial charge < -0.3 is 10.1 Å². The molecule has 0 aliphatic carbocycles. The molecule has 1 N–H and O–H groups in total. The Kier molecular flexibility index (Phi) is 6.63. The van der Waals surface area contributed by atoms with E-state index < -0.39 is 49.0 Å². The first-order valence-corrected chi connectivity index (χ1v) is 9.85. The predicted molar refractivity (Wildman–Crippen MR) is 96.2 cm³/mol. The molecule has 1 rings (SSSR count). The second-order valence-electron chi connectivity index (χ2n) is 8.08. The van der Waals surface area contributed by atoms with Crippen molar-refractivity contribution in [1.29, 1.82) is 0 Å². The third kappa shape index (κ3) is 6.41. The zero-order valence-electron chi connectivity index (χ0n) is 16.3. The zero-order chi connectivity index (χ0) is 21.3. The Labute approximate surface area is 158 Å². The maximum absolute atomic E-state index is 12.9. The lowest BCUT2D eigenvalue weighted by Crippen LogP contribution is -2.43. The van der Waals surface area contributed by atoms with Crippen LogP contribution < -0.4 is 5.32 Å². The molecular weight excluding hydrogens is 383 g/mol. The van der Waals surface area contributed by atoms with Crippen molar-refractivity contribution in [3.63, 3.8) is 0 Å². The summed E-state index contributed by atoms with van der Waals surface area (Å²) in [6.45, 7) is 9.61. The molecular formula is C18H26F3NO4S. The van der Waals surface area contributed by atoms with Gasteiger partial charge in [0, 0.05) is 12.0 Å². The Morgan fingerprint density at radius 2 is 1.70 bits per heavy atom. The molecule has 27 heavy (non-hydrogen) atoms.